The van der Waals surface area contributed by atoms with Crippen molar-refractivity contribution in [3.63, 3.8) is 0 Å². The van der Waals surface area contributed by atoms with E-state index in [0.29, 0.717) is 16.3 Å². The number of halogens is 4. The first-order chi connectivity index (χ1) is 17.3. The number of aromatic nitrogens is 6. The van der Waals surface area contributed by atoms with E-state index < -0.39 is 54.6 Å². The molecule has 36 heavy (non-hydrogen) atoms. The maximum absolute atomic E-state index is 13.7. The molecule has 1 fully saturated rings. The molecule has 0 radical (unpaired) electrons. The number of hydrogen-bond donors (Lipinski definition) is 3. The molecule has 0 amide bonds. The van der Waals surface area contributed by atoms with Crippen LogP contribution in [0.5, 0.6) is 0 Å². The van der Waals surface area contributed by atoms with Crippen molar-refractivity contribution >= 4 is 11.6 Å². The van der Waals surface area contributed by atoms with E-state index in [0.717, 1.165) is 16.8 Å². The van der Waals surface area contributed by atoms with Crippen LogP contribution in [0.3, 0.4) is 0 Å². The van der Waals surface area contributed by atoms with Gasteiger partial charge in [-0.3, -0.25) is 0 Å². The quantitative estimate of drug-likeness (QED) is 0.340. The lowest BCUT2D eigenvalue weighted by atomic mass is 9.95. The van der Waals surface area contributed by atoms with Crippen LogP contribution in [0.15, 0.2) is 48.8 Å². The average molecular weight is 523 g/mol. The fourth-order valence-electron chi connectivity index (χ4n) is 4.11. The zero-order valence-corrected chi connectivity index (χ0v) is 18.9. The van der Waals surface area contributed by atoms with Crippen molar-refractivity contribution < 1.29 is 33.2 Å². The molecule has 0 bridgehead atoms. The molecule has 2 aromatic heterocycles. The smallest absolute Gasteiger partial charge is 0.194 e. The first kappa shape index (κ1) is 24.3. The summed E-state index contributed by atoms with van der Waals surface area (Å²) < 4.78 is 48.9. The average Bonchev–Trinajstić information content (AvgIpc) is 3.54. The molecular formula is C22H18ClF3N6O4. The predicted octanol–water partition coefficient (Wildman–Crippen LogP) is 2.13. The van der Waals surface area contributed by atoms with Crippen molar-refractivity contribution in [1.82, 2.24) is 30.0 Å². The molecule has 0 aliphatic carbocycles. The maximum Gasteiger partial charge on any atom is 0.194 e. The standard InChI is InChI=1S/C22H18ClF3N6O4/c23-12-3-1-10(2-4-12)16-7-27-29-32(16)22-21(35)19(20(34)17(9-33)36-22)31-8-15(28-30-31)11-5-13(24)18(26)14(25)6-11/h1-8,17,19-22,33-35H,9H2/t17-,19+,20+,21-,22-/m1/s1. The molecule has 4 aromatic rings. The lowest BCUT2D eigenvalue weighted by Crippen LogP contribution is -2.54. The van der Waals surface area contributed by atoms with E-state index in [1.807, 2.05) is 0 Å². The van der Waals surface area contributed by atoms with E-state index >= 15 is 0 Å². The van der Waals surface area contributed by atoms with Gasteiger partial charge in [-0.25, -0.2) is 22.5 Å². The van der Waals surface area contributed by atoms with Crippen LogP contribution < -0.4 is 0 Å². The molecule has 10 nitrogen and oxygen atoms in total. The van der Waals surface area contributed by atoms with Gasteiger partial charge in [0.25, 0.3) is 0 Å². The molecule has 188 valence electrons. The highest BCUT2D eigenvalue weighted by molar-refractivity contribution is 6.30. The van der Waals surface area contributed by atoms with Gasteiger partial charge in [0.1, 0.15) is 30.0 Å². The minimum atomic E-state index is -1.63. The van der Waals surface area contributed by atoms with Gasteiger partial charge in [0.05, 0.1) is 24.7 Å². The summed E-state index contributed by atoms with van der Waals surface area (Å²) in [7, 11) is 0. The van der Waals surface area contributed by atoms with Gasteiger partial charge in [-0.1, -0.05) is 34.2 Å². The van der Waals surface area contributed by atoms with Crippen LogP contribution in [0, 0.1) is 17.5 Å². The third kappa shape index (κ3) is 4.24. The number of hydrogen-bond acceptors (Lipinski definition) is 8. The molecule has 2 aromatic carbocycles. The summed E-state index contributed by atoms with van der Waals surface area (Å²) in [6.45, 7) is -0.609. The Morgan fingerprint density at radius 1 is 0.972 bits per heavy atom. The summed E-state index contributed by atoms with van der Waals surface area (Å²) in [5.41, 5.74) is 0.967. The summed E-state index contributed by atoms with van der Waals surface area (Å²) in [6.07, 6.45) is -2.68. The minimum absolute atomic E-state index is 0.0431. The summed E-state index contributed by atoms with van der Waals surface area (Å²) in [4.78, 5) is 0. The monoisotopic (exact) mass is 522 g/mol. The van der Waals surface area contributed by atoms with Crippen molar-refractivity contribution in [3.05, 3.63) is 71.3 Å². The molecule has 3 heterocycles. The first-order valence-electron chi connectivity index (χ1n) is 10.6. The third-order valence-electron chi connectivity index (χ3n) is 5.92. The molecule has 1 saturated heterocycles. The Morgan fingerprint density at radius 3 is 2.33 bits per heavy atom. The van der Waals surface area contributed by atoms with Crippen molar-refractivity contribution in [2.75, 3.05) is 6.61 Å². The molecule has 5 rings (SSSR count). The van der Waals surface area contributed by atoms with E-state index in [2.05, 4.69) is 20.6 Å². The molecule has 3 N–H and O–H groups in total. The van der Waals surface area contributed by atoms with Gasteiger partial charge in [0.2, 0.25) is 0 Å². The fourth-order valence-corrected chi connectivity index (χ4v) is 4.24. The van der Waals surface area contributed by atoms with Crippen LogP contribution in [0.25, 0.3) is 22.5 Å². The molecular weight excluding hydrogens is 505 g/mol. The number of aliphatic hydroxyl groups excluding tert-OH is 3. The van der Waals surface area contributed by atoms with Gasteiger partial charge in [0, 0.05) is 16.1 Å². The number of nitrogens with zero attached hydrogens (tertiary/aromatic N) is 6. The number of rotatable bonds is 5. The molecule has 0 unspecified atom stereocenters. The molecule has 1 aliphatic heterocycles. The maximum atomic E-state index is 13.7. The van der Waals surface area contributed by atoms with Gasteiger partial charge >= 0.3 is 0 Å². The Bertz CT molecular complexity index is 1360. The topological polar surface area (TPSA) is 131 Å². The Kier molecular flexibility index (Phi) is 6.49. The normalized spacial score (nSPS) is 24.2. The van der Waals surface area contributed by atoms with Crippen LogP contribution >= 0.6 is 11.6 Å². The highest BCUT2D eigenvalue weighted by Gasteiger charge is 2.47. The predicted molar refractivity (Wildman–Crippen MR) is 118 cm³/mol. The zero-order valence-electron chi connectivity index (χ0n) is 18.2. The Labute approximate surface area is 206 Å². The molecule has 5 atom stereocenters. The fraction of sp³-hybridized carbons (Fsp3) is 0.273. The van der Waals surface area contributed by atoms with Gasteiger partial charge in [-0.05, 0) is 24.3 Å². The van der Waals surface area contributed by atoms with E-state index in [4.69, 9.17) is 16.3 Å². The van der Waals surface area contributed by atoms with E-state index in [1.54, 1.807) is 24.3 Å². The Balaban J connectivity index is 1.51. The van der Waals surface area contributed by atoms with Crippen LogP contribution in [-0.4, -0.2) is 70.2 Å². The summed E-state index contributed by atoms with van der Waals surface area (Å²) in [5.74, 6) is -4.45. The summed E-state index contributed by atoms with van der Waals surface area (Å²) in [5, 5.41) is 48.0. The van der Waals surface area contributed by atoms with Crippen molar-refractivity contribution in [1.29, 1.82) is 0 Å². The van der Waals surface area contributed by atoms with Crippen LogP contribution in [-0.2, 0) is 4.74 Å². The second-order valence-electron chi connectivity index (χ2n) is 8.13. The highest BCUT2D eigenvalue weighted by atomic mass is 35.5. The lowest BCUT2D eigenvalue weighted by Gasteiger charge is -2.42. The third-order valence-corrected chi connectivity index (χ3v) is 6.17. The highest BCUT2D eigenvalue weighted by Crippen LogP contribution is 2.37. The van der Waals surface area contributed by atoms with Crippen LogP contribution in [0.4, 0.5) is 13.2 Å². The van der Waals surface area contributed by atoms with Crippen molar-refractivity contribution in [2.24, 2.45) is 0 Å². The molecule has 0 saturated carbocycles. The van der Waals surface area contributed by atoms with Crippen LogP contribution in [0.2, 0.25) is 5.02 Å². The van der Waals surface area contributed by atoms with Crippen molar-refractivity contribution in [3.8, 4) is 22.5 Å². The SMILES string of the molecule is OC[C@H]1O[C@@H](n2nncc2-c2ccc(Cl)cc2)[C@H](O)[C@@H](n2cc(-c3cc(F)c(F)c(F)c3)nn2)[C@H]1O. The van der Waals surface area contributed by atoms with E-state index in [9.17, 15) is 28.5 Å². The van der Waals surface area contributed by atoms with Gasteiger partial charge in [-0.2, -0.15) is 0 Å². The Hall–Kier alpha value is -3.36. The minimum Gasteiger partial charge on any atom is -0.394 e. The first-order valence-corrected chi connectivity index (χ1v) is 11.0. The lowest BCUT2D eigenvalue weighted by molar-refractivity contribution is -0.233. The molecule has 1 aliphatic rings. The summed E-state index contributed by atoms with van der Waals surface area (Å²) in [6, 6.07) is 7.02. The van der Waals surface area contributed by atoms with Crippen molar-refractivity contribution in [2.45, 2.75) is 30.6 Å². The van der Waals surface area contributed by atoms with Crippen LogP contribution in [0.1, 0.15) is 12.3 Å². The second-order valence-corrected chi connectivity index (χ2v) is 8.56. The van der Waals surface area contributed by atoms with E-state index in [-0.39, 0.29) is 11.3 Å². The number of benzene rings is 2. The largest absolute Gasteiger partial charge is 0.394 e. The van der Waals surface area contributed by atoms with Gasteiger partial charge < -0.3 is 20.1 Å². The molecule has 0 spiro atoms. The number of ether oxygens (including phenoxy) is 1. The van der Waals surface area contributed by atoms with Gasteiger partial charge in [-0.15, -0.1) is 10.2 Å². The van der Waals surface area contributed by atoms with Gasteiger partial charge in [0.15, 0.2) is 23.7 Å². The molecule has 14 heteroatoms. The number of aliphatic hydroxyl groups is 3. The Morgan fingerprint density at radius 2 is 1.67 bits per heavy atom. The zero-order chi connectivity index (χ0) is 25.6. The second kappa shape index (κ2) is 9.59. The van der Waals surface area contributed by atoms with E-state index in [1.165, 1.54) is 17.1 Å². The summed E-state index contributed by atoms with van der Waals surface area (Å²) >= 11 is 5.96.